The van der Waals surface area contributed by atoms with Crippen LogP contribution in [-0.2, 0) is 0 Å². The molecule has 0 aliphatic rings. The zero-order valence-corrected chi connectivity index (χ0v) is 12.2. The van der Waals surface area contributed by atoms with Crippen molar-refractivity contribution in [2.24, 2.45) is 0 Å². The molecule has 0 fully saturated rings. The molecule has 5 nitrogen and oxygen atoms in total. The van der Waals surface area contributed by atoms with E-state index in [-0.39, 0.29) is 12.6 Å². The zero-order valence-electron chi connectivity index (χ0n) is 12.2. The Hall–Kier alpha value is -1.66. The van der Waals surface area contributed by atoms with E-state index in [1.54, 1.807) is 19.9 Å². The van der Waals surface area contributed by atoms with Gasteiger partial charge in [0.2, 0.25) is 0 Å². The van der Waals surface area contributed by atoms with Gasteiger partial charge in [-0.05, 0) is 25.3 Å². The average Bonchev–Trinajstić information content (AvgIpc) is 2.43. The molecule has 4 N–H and O–H groups in total. The van der Waals surface area contributed by atoms with Crippen molar-refractivity contribution < 1.29 is 20.1 Å². The van der Waals surface area contributed by atoms with Crippen molar-refractivity contribution in [3.63, 3.8) is 0 Å². The molecule has 0 spiro atoms. The highest BCUT2D eigenvalue weighted by atomic mass is 16.6. The normalized spacial score (nSPS) is 13.6. The Kier molecular flexibility index (Phi) is 4.80. The first-order valence-electron chi connectivity index (χ1n) is 6.91. The standard InChI is InChI=1S/C16H21NO4/c1-11(2)17-16(19,20)15(18)10-21-14-9-5-7-12-6-3-4-8-13(12)14/h3-9,11,15,17-20H,10H2,1-2H3. The second-order valence-electron chi connectivity index (χ2n) is 5.33. The lowest BCUT2D eigenvalue weighted by Crippen LogP contribution is -2.58. The van der Waals surface area contributed by atoms with Gasteiger partial charge in [-0.3, -0.25) is 5.32 Å². The maximum Gasteiger partial charge on any atom is 0.253 e. The SMILES string of the molecule is CC(C)NC(O)(O)C(O)COc1cccc2ccccc12. The molecule has 114 valence electrons. The fourth-order valence-electron chi connectivity index (χ4n) is 2.13. The van der Waals surface area contributed by atoms with Gasteiger partial charge in [0.1, 0.15) is 12.4 Å². The molecule has 0 radical (unpaired) electrons. The van der Waals surface area contributed by atoms with Crippen molar-refractivity contribution in [3.05, 3.63) is 42.5 Å². The van der Waals surface area contributed by atoms with E-state index in [2.05, 4.69) is 5.32 Å². The Morgan fingerprint density at radius 2 is 1.76 bits per heavy atom. The third kappa shape index (κ3) is 3.92. The molecule has 2 rings (SSSR count). The molecule has 2 aromatic rings. The molecule has 0 saturated heterocycles. The smallest absolute Gasteiger partial charge is 0.253 e. The van der Waals surface area contributed by atoms with Crippen LogP contribution in [0.5, 0.6) is 5.75 Å². The minimum Gasteiger partial charge on any atom is -0.490 e. The van der Waals surface area contributed by atoms with Gasteiger partial charge in [0.15, 0.2) is 6.10 Å². The van der Waals surface area contributed by atoms with Crippen LogP contribution in [0.4, 0.5) is 0 Å². The fourth-order valence-corrected chi connectivity index (χ4v) is 2.13. The van der Waals surface area contributed by atoms with Crippen LogP contribution in [0.3, 0.4) is 0 Å². The van der Waals surface area contributed by atoms with E-state index in [0.717, 1.165) is 10.8 Å². The van der Waals surface area contributed by atoms with Gasteiger partial charge >= 0.3 is 0 Å². The number of benzene rings is 2. The summed E-state index contributed by atoms with van der Waals surface area (Å²) in [6.07, 6.45) is -1.47. The molecule has 0 heterocycles. The highest BCUT2D eigenvalue weighted by Gasteiger charge is 2.34. The summed E-state index contributed by atoms with van der Waals surface area (Å²) in [4.78, 5) is 0. The van der Waals surface area contributed by atoms with Crippen LogP contribution in [0.1, 0.15) is 13.8 Å². The van der Waals surface area contributed by atoms with E-state index in [1.807, 2.05) is 36.4 Å². The third-order valence-electron chi connectivity index (χ3n) is 3.11. The van der Waals surface area contributed by atoms with Crippen molar-refractivity contribution in [2.75, 3.05) is 6.61 Å². The van der Waals surface area contributed by atoms with E-state index in [4.69, 9.17) is 4.74 Å². The number of hydrogen-bond acceptors (Lipinski definition) is 5. The lowest BCUT2D eigenvalue weighted by molar-refractivity contribution is -0.253. The van der Waals surface area contributed by atoms with Crippen LogP contribution in [0.2, 0.25) is 0 Å². The minimum atomic E-state index is -2.39. The minimum absolute atomic E-state index is 0.188. The second-order valence-corrected chi connectivity index (χ2v) is 5.33. The molecule has 21 heavy (non-hydrogen) atoms. The highest BCUT2D eigenvalue weighted by molar-refractivity contribution is 5.88. The summed E-state index contributed by atoms with van der Waals surface area (Å²) in [5.41, 5.74) is 0. The summed E-state index contributed by atoms with van der Waals surface area (Å²) in [6, 6.07) is 13.1. The summed E-state index contributed by atoms with van der Waals surface area (Å²) in [5, 5.41) is 33.8. The first kappa shape index (κ1) is 15.7. The molecule has 0 aliphatic heterocycles. The second kappa shape index (κ2) is 6.41. The molecule has 5 heteroatoms. The van der Waals surface area contributed by atoms with E-state index >= 15 is 0 Å². The number of fused-ring (bicyclic) bond motifs is 1. The number of nitrogens with one attached hydrogen (secondary N) is 1. The maximum absolute atomic E-state index is 9.87. The number of rotatable bonds is 6. The summed E-state index contributed by atoms with van der Waals surface area (Å²) in [6.45, 7) is 3.26. The zero-order chi connectivity index (χ0) is 15.5. The van der Waals surface area contributed by atoms with E-state index < -0.39 is 12.0 Å². The largest absolute Gasteiger partial charge is 0.490 e. The number of ether oxygens (including phenoxy) is 1. The summed E-state index contributed by atoms with van der Waals surface area (Å²) in [7, 11) is 0. The van der Waals surface area contributed by atoms with E-state index in [1.165, 1.54) is 0 Å². The molecule has 0 amide bonds. The lowest BCUT2D eigenvalue weighted by atomic mass is 10.1. The van der Waals surface area contributed by atoms with Crippen molar-refractivity contribution in [1.29, 1.82) is 0 Å². The number of hydrogen-bond donors (Lipinski definition) is 4. The van der Waals surface area contributed by atoms with Crippen LogP contribution >= 0.6 is 0 Å². The Labute approximate surface area is 123 Å². The fraction of sp³-hybridized carbons (Fsp3) is 0.375. The van der Waals surface area contributed by atoms with E-state index in [0.29, 0.717) is 5.75 Å². The topological polar surface area (TPSA) is 82.0 Å². The Morgan fingerprint density at radius 3 is 2.48 bits per heavy atom. The number of aliphatic hydroxyl groups excluding tert-OH is 1. The molecule has 0 aromatic heterocycles. The average molecular weight is 291 g/mol. The molecular formula is C16H21NO4. The molecule has 0 bridgehead atoms. The molecule has 0 aliphatic carbocycles. The quantitative estimate of drug-likeness (QED) is 0.602. The van der Waals surface area contributed by atoms with Crippen LogP contribution in [-0.4, -0.2) is 40.0 Å². The highest BCUT2D eigenvalue weighted by Crippen LogP contribution is 2.25. The monoisotopic (exact) mass is 291 g/mol. The van der Waals surface area contributed by atoms with Crippen molar-refractivity contribution in [3.8, 4) is 5.75 Å². The Morgan fingerprint density at radius 1 is 1.10 bits per heavy atom. The summed E-state index contributed by atoms with van der Waals surface area (Å²) < 4.78 is 5.54. The van der Waals surface area contributed by atoms with Gasteiger partial charge in [0.25, 0.3) is 5.91 Å². The summed E-state index contributed by atoms with van der Waals surface area (Å²) >= 11 is 0. The molecule has 0 saturated carbocycles. The van der Waals surface area contributed by atoms with Gasteiger partial charge in [-0.1, -0.05) is 36.4 Å². The van der Waals surface area contributed by atoms with E-state index in [9.17, 15) is 15.3 Å². The van der Waals surface area contributed by atoms with Gasteiger partial charge in [-0.15, -0.1) is 0 Å². The Bertz CT molecular complexity index is 592. The van der Waals surface area contributed by atoms with Gasteiger partial charge in [0.05, 0.1) is 0 Å². The first-order chi connectivity index (χ1) is 9.90. The first-order valence-corrected chi connectivity index (χ1v) is 6.91. The maximum atomic E-state index is 9.87. The van der Waals surface area contributed by atoms with Gasteiger partial charge < -0.3 is 20.1 Å². The van der Waals surface area contributed by atoms with Crippen LogP contribution in [0, 0.1) is 0 Å². The van der Waals surface area contributed by atoms with Crippen LogP contribution in [0.15, 0.2) is 42.5 Å². The third-order valence-corrected chi connectivity index (χ3v) is 3.11. The van der Waals surface area contributed by atoms with Gasteiger partial charge in [0, 0.05) is 11.4 Å². The van der Waals surface area contributed by atoms with Gasteiger partial charge in [-0.2, -0.15) is 0 Å². The van der Waals surface area contributed by atoms with Crippen LogP contribution in [0.25, 0.3) is 10.8 Å². The van der Waals surface area contributed by atoms with Gasteiger partial charge in [-0.25, -0.2) is 0 Å². The summed E-state index contributed by atoms with van der Waals surface area (Å²) in [5.74, 6) is -1.80. The van der Waals surface area contributed by atoms with Crippen molar-refractivity contribution >= 4 is 10.8 Å². The Balaban J connectivity index is 2.08. The molecular weight excluding hydrogens is 270 g/mol. The number of aliphatic hydroxyl groups is 3. The molecule has 2 aromatic carbocycles. The predicted octanol–water partition coefficient (Wildman–Crippen LogP) is 1.22. The molecule has 1 unspecified atom stereocenters. The molecule has 1 atom stereocenters. The van der Waals surface area contributed by atoms with Crippen molar-refractivity contribution in [1.82, 2.24) is 5.32 Å². The van der Waals surface area contributed by atoms with Crippen LogP contribution < -0.4 is 10.1 Å². The lowest BCUT2D eigenvalue weighted by Gasteiger charge is -2.30. The predicted molar refractivity (Wildman–Crippen MR) is 80.9 cm³/mol. The van der Waals surface area contributed by atoms with Crippen molar-refractivity contribution in [2.45, 2.75) is 31.9 Å².